The molecule has 3 aromatic rings. The largest absolute Gasteiger partial charge is 0.478 e. The molecule has 0 aliphatic carbocycles. The number of aromatic carboxylic acids is 1. The van der Waals surface area contributed by atoms with Crippen LogP contribution in [0.4, 0.5) is 0 Å². The standard InChI is InChI=1S/C21H21N3O4S/c1-14-6-9-24(10-7-14)29(27,28)16-4-5-19-17(11-16)18(21(25)26)12-20(23-19)15-3-2-8-22-13-15/h2-5,8,11-14H,6-7,9-10H2,1H3,(H,25,26). The average Bonchev–Trinajstić information content (AvgIpc) is 2.73. The van der Waals surface area contributed by atoms with E-state index in [1.165, 1.54) is 22.5 Å². The average molecular weight is 411 g/mol. The second-order valence-electron chi connectivity index (χ2n) is 7.37. The van der Waals surface area contributed by atoms with Gasteiger partial charge in [-0.2, -0.15) is 4.31 Å². The van der Waals surface area contributed by atoms with Gasteiger partial charge in [0.25, 0.3) is 0 Å². The quantitative estimate of drug-likeness (QED) is 0.706. The molecule has 29 heavy (non-hydrogen) atoms. The maximum atomic E-state index is 13.1. The third-order valence-corrected chi connectivity index (χ3v) is 7.24. The van der Waals surface area contributed by atoms with Crippen LogP contribution in [0.5, 0.6) is 0 Å². The number of carbonyl (C=O) groups is 1. The third kappa shape index (κ3) is 3.73. The predicted molar refractivity (Wildman–Crippen MR) is 109 cm³/mol. The number of pyridine rings is 2. The van der Waals surface area contributed by atoms with Crippen molar-refractivity contribution in [2.24, 2.45) is 5.92 Å². The van der Waals surface area contributed by atoms with E-state index in [-0.39, 0.29) is 10.5 Å². The zero-order chi connectivity index (χ0) is 20.6. The van der Waals surface area contributed by atoms with Gasteiger partial charge in [-0.3, -0.25) is 4.98 Å². The number of aromatic nitrogens is 2. The number of sulfonamides is 1. The van der Waals surface area contributed by atoms with Gasteiger partial charge in [-0.1, -0.05) is 6.92 Å². The number of benzene rings is 1. The van der Waals surface area contributed by atoms with Crippen LogP contribution in [0, 0.1) is 5.92 Å². The fraction of sp³-hybridized carbons (Fsp3) is 0.286. The number of fused-ring (bicyclic) bond motifs is 1. The number of piperidine rings is 1. The predicted octanol–water partition coefficient (Wildman–Crippen LogP) is 3.42. The summed E-state index contributed by atoms with van der Waals surface area (Å²) in [4.78, 5) is 20.6. The van der Waals surface area contributed by atoms with Crippen LogP contribution in [-0.4, -0.2) is 46.9 Å². The van der Waals surface area contributed by atoms with E-state index in [0.717, 1.165) is 12.8 Å². The molecule has 2 aromatic heterocycles. The SMILES string of the molecule is CC1CCN(S(=O)(=O)c2ccc3nc(-c4cccnc4)cc(C(=O)O)c3c2)CC1. The van der Waals surface area contributed by atoms with Gasteiger partial charge in [0.1, 0.15) is 0 Å². The summed E-state index contributed by atoms with van der Waals surface area (Å²) in [6, 6.07) is 9.50. The van der Waals surface area contributed by atoms with Gasteiger partial charge in [0.05, 0.1) is 21.7 Å². The van der Waals surface area contributed by atoms with Crippen molar-refractivity contribution in [2.75, 3.05) is 13.1 Å². The molecule has 1 N–H and O–H groups in total. The van der Waals surface area contributed by atoms with Crippen LogP contribution >= 0.6 is 0 Å². The summed E-state index contributed by atoms with van der Waals surface area (Å²) in [5.74, 6) is -0.629. The van der Waals surface area contributed by atoms with Crippen LogP contribution in [0.1, 0.15) is 30.1 Å². The molecule has 0 spiro atoms. The summed E-state index contributed by atoms with van der Waals surface area (Å²) in [5.41, 5.74) is 1.60. The van der Waals surface area contributed by atoms with E-state index in [1.807, 2.05) is 0 Å². The highest BCUT2D eigenvalue weighted by atomic mass is 32.2. The molecular weight excluding hydrogens is 390 g/mol. The van der Waals surface area contributed by atoms with Crippen LogP contribution in [0.2, 0.25) is 0 Å². The minimum atomic E-state index is -3.68. The van der Waals surface area contributed by atoms with E-state index in [0.29, 0.717) is 41.2 Å². The molecule has 150 valence electrons. The highest BCUT2D eigenvalue weighted by Crippen LogP contribution is 2.29. The number of carboxylic acids is 1. The topological polar surface area (TPSA) is 100 Å². The minimum absolute atomic E-state index is 0.0122. The van der Waals surface area contributed by atoms with E-state index in [1.54, 1.807) is 30.6 Å². The summed E-state index contributed by atoms with van der Waals surface area (Å²) in [7, 11) is -3.68. The Balaban J connectivity index is 1.81. The molecule has 1 saturated heterocycles. The molecule has 0 atom stereocenters. The van der Waals surface area contributed by atoms with Crippen LogP contribution in [0.15, 0.2) is 53.7 Å². The zero-order valence-corrected chi connectivity index (χ0v) is 16.8. The maximum absolute atomic E-state index is 13.1. The van der Waals surface area contributed by atoms with Gasteiger partial charge in [-0.15, -0.1) is 0 Å². The maximum Gasteiger partial charge on any atom is 0.336 e. The summed E-state index contributed by atoms with van der Waals surface area (Å²) in [6.45, 7) is 3.07. The molecule has 4 rings (SSSR count). The lowest BCUT2D eigenvalue weighted by atomic mass is 10.0. The monoisotopic (exact) mass is 411 g/mol. The number of carboxylic acid groups (broad SMARTS) is 1. The van der Waals surface area contributed by atoms with Gasteiger partial charge < -0.3 is 5.11 Å². The van der Waals surface area contributed by atoms with Gasteiger partial charge in [-0.05, 0) is 55.2 Å². The van der Waals surface area contributed by atoms with E-state index in [2.05, 4.69) is 16.9 Å². The lowest BCUT2D eigenvalue weighted by Crippen LogP contribution is -2.37. The lowest BCUT2D eigenvalue weighted by molar-refractivity contribution is 0.0699. The third-order valence-electron chi connectivity index (χ3n) is 5.35. The molecule has 1 aliphatic rings. The first-order valence-corrected chi connectivity index (χ1v) is 10.9. The molecular formula is C21H21N3O4S. The van der Waals surface area contributed by atoms with E-state index < -0.39 is 16.0 Å². The van der Waals surface area contributed by atoms with Crippen LogP contribution in [0.3, 0.4) is 0 Å². The molecule has 1 aromatic carbocycles. The van der Waals surface area contributed by atoms with Crippen molar-refractivity contribution in [3.8, 4) is 11.3 Å². The van der Waals surface area contributed by atoms with Crippen molar-refractivity contribution in [3.05, 3.63) is 54.4 Å². The van der Waals surface area contributed by atoms with Crippen molar-refractivity contribution in [3.63, 3.8) is 0 Å². The van der Waals surface area contributed by atoms with Crippen LogP contribution < -0.4 is 0 Å². The fourth-order valence-corrected chi connectivity index (χ4v) is 5.08. The first-order valence-electron chi connectivity index (χ1n) is 9.45. The fourth-order valence-electron chi connectivity index (χ4n) is 3.58. The molecule has 0 saturated carbocycles. The first kappa shape index (κ1) is 19.5. The lowest BCUT2D eigenvalue weighted by Gasteiger charge is -2.29. The smallest absolute Gasteiger partial charge is 0.336 e. The highest BCUT2D eigenvalue weighted by Gasteiger charge is 2.28. The van der Waals surface area contributed by atoms with Gasteiger partial charge >= 0.3 is 5.97 Å². The van der Waals surface area contributed by atoms with Crippen LogP contribution in [-0.2, 0) is 10.0 Å². The summed E-state index contributed by atoms with van der Waals surface area (Å²) in [6.07, 6.45) is 4.88. The molecule has 3 heterocycles. The molecule has 0 amide bonds. The Hall–Kier alpha value is -2.84. The van der Waals surface area contributed by atoms with Crippen molar-refractivity contribution in [1.82, 2.24) is 14.3 Å². The Kier molecular flexibility index (Phi) is 5.06. The van der Waals surface area contributed by atoms with E-state index >= 15 is 0 Å². The number of rotatable bonds is 4. The van der Waals surface area contributed by atoms with Gasteiger partial charge in [0, 0.05) is 36.4 Å². The summed E-state index contributed by atoms with van der Waals surface area (Å²) < 4.78 is 27.6. The van der Waals surface area contributed by atoms with E-state index in [4.69, 9.17) is 0 Å². The van der Waals surface area contributed by atoms with Crippen molar-refractivity contribution < 1.29 is 18.3 Å². The Morgan fingerprint density at radius 2 is 1.93 bits per heavy atom. The Bertz CT molecular complexity index is 1170. The zero-order valence-electron chi connectivity index (χ0n) is 15.9. The molecule has 0 radical (unpaired) electrons. The Morgan fingerprint density at radius 3 is 2.59 bits per heavy atom. The van der Waals surface area contributed by atoms with Crippen LogP contribution in [0.25, 0.3) is 22.2 Å². The molecule has 7 nitrogen and oxygen atoms in total. The summed E-state index contributed by atoms with van der Waals surface area (Å²) >= 11 is 0. The van der Waals surface area contributed by atoms with Gasteiger partial charge in [0.2, 0.25) is 10.0 Å². The Labute approximate surface area is 169 Å². The number of nitrogens with zero attached hydrogens (tertiary/aromatic N) is 3. The molecule has 8 heteroatoms. The normalized spacial score (nSPS) is 16.2. The van der Waals surface area contributed by atoms with Crippen molar-refractivity contribution >= 4 is 26.9 Å². The molecule has 0 unspecified atom stereocenters. The first-order chi connectivity index (χ1) is 13.9. The Morgan fingerprint density at radius 1 is 1.17 bits per heavy atom. The van der Waals surface area contributed by atoms with Gasteiger partial charge in [-0.25, -0.2) is 18.2 Å². The highest BCUT2D eigenvalue weighted by molar-refractivity contribution is 7.89. The molecule has 1 aliphatic heterocycles. The second kappa shape index (κ2) is 7.53. The summed E-state index contributed by atoms with van der Waals surface area (Å²) in [5, 5.41) is 10.0. The van der Waals surface area contributed by atoms with E-state index in [9.17, 15) is 18.3 Å². The molecule has 0 bridgehead atoms. The minimum Gasteiger partial charge on any atom is -0.478 e. The van der Waals surface area contributed by atoms with Gasteiger partial charge in [0.15, 0.2) is 0 Å². The van der Waals surface area contributed by atoms with Crippen molar-refractivity contribution in [2.45, 2.75) is 24.7 Å². The van der Waals surface area contributed by atoms with Crippen molar-refractivity contribution in [1.29, 1.82) is 0 Å². The number of hydrogen-bond acceptors (Lipinski definition) is 5. The number of hydrogen-bond donors (Lipinski definition) is 1. The molecule has 1 fully saturated rings. The second-order valence-corrected chi connectivity index (χ2v) is 9.31.